The average molecular weight is 344 g/mol. The maximum atomic E-state index is 10.5. The number of aliphatic hydroxyl groups is 2. The Bertz CT molecular complexity index is 824. The summed E-state index contributed by atoms with van der Waals surface area (Å²) < 4.78 is 0. The van der Waals surface area contributed by atoms with E-state index in [-0.39, 0.29) is 11.8 Å². The highest BCUT2D eigenvalue weighted by atomic mass is 16.3. The molecule has 1 fully saturated rings. The summed E-state index contributed by atoms with van der Waals surface area (Å²) >= 11 is 0. The molecule has 2 heteroatoms. The Morgan fingerprint density at radius 2 is 0.962 bits per heavy atom. The first-order chi connectivity index (χ1) is 12.7. The fourth-order valence-corrected chi connectivity index (χ4v) is 5.47. The third-order valence-corrected chi connectivity index (χ3v) is 6.67. The number of aliphatic hydroxyl groups excluding tert-OH is 2. The molecule has 2 atom stereocenters. The summed E-state index contributed by atoms with van der Waals surface area (Å²) in [5.74, 6) is 2.37. The molecule has 26 heavy (non-hydrogen) atoms. The van der Waals surface area contributed by atoms with Crippen molar-refractivity contribution in [1.82, 2.24) is 0 Å². The number of allylic oxidation sites excluding steroid dienone is 2. The average Bonchev–Trinajstić information content (AvgIpc) is 3.17. The fourth-order valence-electron chi connectivity index (χ4n) is 5.47. The first kappa shape index (κ1) is 15.7. The van der Waals surface area contributed by atoms with Gasteiger partial charge in [0.25, 0.3) is 0 Å². The number of hydrogen-bond donors (Lipinski definition) is 2. The van der Waals surface area contributed by atoms with E-state index in [4.69, 9.17) is 0 Å². The molecule has 132 valence electrons. The minimum absolute atomic E-state index is 0.159. The molecule has 5 rings (SSSR count). The second kappa shape index (κ2) is 6.05. The molecule has 0 radical (unpaired) electrons. The molecule has 0 bridgehead atoms. The molecule has 3 aliphatic carbocycles. The molecular weight excluding hydrogens is 320 g/mol. The van der Waals surface area contributed by atoms with Crippen LogP contribution in [0.5, 0.6) is 0 Å². The van der Waals surface area contributed by atoms with Crippen LogP contribution >= 0.6 is 0 Å². The highest BCUT2D eigenvalue weighted by Gasteiger charge is 2.39. The highest BCUT2D eigenvalue weighted by Crippen LogP contribution is 2.51. The molecule has 3 aliphatic rings. The van der Waals surface area contributed by atoms with Gasteiger partial charge >= 0.3 is 0 Å². The van der Waals surface area contributed by atoms with Gasteiger partial charge in [-0.15, -0.1) is 0 Å². The largest absolute Gasteiger partial charge is 0.512 e. The minimum atomic E-state index is 0.159. The van der Waals surface area contributed by atoms with Crippen molar-refractivity contribution in [2.45, 2.75) is 37.5 Å². The van der Waals surface area contributed by atoms with E-state index in [0.29, 0.717) is 23.4 Å². The van der Waals surface area contributed by atoms with E-state index in [1.165, 1.54) is 22.3 Å². The van der Waals surface area contributed by atoms with Crippen molar-refractivity contribution in [1.29, 1.82) is 0 Å². The lowest BCUT2D eigenvalue weighted by molar-refractivity contribution is 0.199. The molecule has 0 amide bonds. The predicted molar refractivity (Wildman–Crippen MR) is 105 cm³/mol. The normalized spacial score (nSPS) is 29.7. The smallest absolute Gasteiger partial charge is 0.101 e. The number of benzene rings is 2. The molecule has 0 spiro atoms. The van der Waals surface area contributed by atoms with Gasteiger partial charge in [0.05, 0.1) is 0 Å². The van der Waals surface area contributed by atoms with Crippen LogP contribution in [0.1, 0.15) is 59.8 Å². The van der Waals surface area contributed by atoms with E-state index in [2.05, 4.69) is 36.4 Å². The summed E-state index contributed by atoms with van der Waals surface area (Å²) in [6, 6.07) is 16.7. The van der Waals surface area contributed by atoms with Gasteiger partial charge in [-0.1, -0.05) is 48.5 Å². The van der Waals surface area contributed by atoms with Crippen LogP contribution in [0.25, 0.3) is 12.2 Å². The monoisotopic (exact) mass is 344 g/mol. The standard InChI is InChI=1S/C24H24O2/c25-21-13-17-5-1-3-7-19(17)23(21)15-9-11-16(12-10-15)24-20-8-4-2-6-18(20)14-22(24)26/h1-8,13-16,23-26H,9-12H2. The van der Waals surface area contributed by atoms with E-state index >= 15 is 0 Å². The second-order valence-corrected chi connectivity index (χ2v) is 8.03. The van der Waals surface area contributed by atoms with Gasteiger partial charge in [0.15, 0.2) is 0 Å². The van der Waals surface area contributed by atoms with Crippen LogP contribution in [0.3, 0.4) is 0 Å². The third-order valence-electron chi connectivity index (χ3n) is 6.67. The molecule has 2 aromatic carbocycles. The van der Waals surface area contributed by atoms with Gasteiger partial charge < -0.3 is 10.2 Å². The van der Waals surface area contributed by atoms with Gasteiger partial charge in [-0.05, 0) is 71.9 Å². The molecule has 2 nitrogen and oxygen atoms in total. The Labute approximate surface area is 154 Å². The zero-order valence-corrected chi connectivity index (χ0v) is 14.8. The number of rotatable bonds is 2. The molecular formula is C24H24O2. The van der Waals surface area contributed by atoms with Crippen LogP contribution in [0.2, 0.25) is 0 Å². The second-order valence-electron chi connectivity index (χ2n) is 8.03. The summed E-state index contributed by atoms with van der Waals surface area (Å²) in [6.07, 6.45) is 8.30. The van der Waals surface area contributed by atoms with Gasteiger partial charge in [0.1, 0.15) is 11.5 Å². The van der Waals surface area contributed by atoms with Gasteiger partial charge in [-0.2, -0.15) is 0 Å². The molecule has 1 saturated carbocycles. The first-order valence-corrected chi connectivity index (χ1v) is 9.71. The lowest BCUT2D eigenvalue weighted by atomic mass is 9.69. The zero-order valence-electron chi connectivity index (χ0n) is 14.8. The summed E-state index contributed by atoms with van der Waals surface area (Å²) in [6.45, 7) is 0. The lowest BCUT2D eigenvalue weighted by Crippen LogP contribution is -2.24. The molecule has 0 aromatic heterocycles. The SMILES string of the molecule is OC1=Cc2ccccc2C1C1CCC(C2C(O)=Cc3ccccc32)CC1. The van der Waals surface area contributed by atoms with Crippen molar-refractivity contribution in [2.24, 2.45) is 11.8 Å². The quantitative estimate of drug-likeness (QED) is 0.682. The number of fused-ring (bicyclic) bond motifs is 2. The van der Waals surface area contributed by atoms with E-state index in [0.717, 1.165) is 25.7 Å². The van der Waals surface area contributed by atoms with E-state index in [1.807, 2.05) is 24.3 Å². The Morgan fingerprint density at radius 1 is 0.577 bits per heavy atom. The Balaban J connectivity index is 1.34. The van der Waals surface area contributed by atoms with Crippen molar-refractivity contribution < 1.29 is 10.2 Å². The third kappa shape index (κ3) is 2.39. The van der Waals surface area contributed by atoms with Crippen molar-refractivity contribution in [2.75, 3.05) is 0 Å². The summed E-state index contributed by atoms with van der Waals surface area (Å²) in [7, 11) is 0. The molecule has 2 aromatic rings. The highest BCUT2D eigenvalue weighted by molar-refractivity contribution is 5.65. The molecule has 0 aliphatic heterocycles. The van der Waals surface area contributed by atoms with Crippen LogP contribution in [0.15, 0.2) is 60.0 Å². The van der Waals surface area contributed by atoms with E-state index in [1.54, 1.807) is 0 Å². The van der Waals surface area contributed by atoms with Gasteiger partial charge in [-0.25, -0.2) is 0 Å². The van der Waals surface area contributed by atoms with Crippen molar-refractivity contribution >= 4 is 12.2 Å². The summed E-state index contributed by atoms with van der Waals surface area (Å²) in [5.41, 5.74) is 4.90. The summed E-state index contributed by atoms with van der Waals surface area (Å²) in [5, 5.41) is 21.0. The van der Waals surface area contributed by atoms with Crippen LogP contribution in [0.4, 0.5) is 0 Å². The lowest BCUT2D eigenvalue weighted by Gasteiger charge is -2.35. The first-order valence-electron chi connectivity index (χ1n) is 9.71. The zero-order chi connectivity index (χ0) is 17.7. The topological polar surface area (TPSA) is 40.5 Å². The summed E-state index contributed by atoms with van der Waals surface area (Å²) in [4.78, 5) is 0. The van der Waals surface area contributed by atoms with Crippen LogP contribution in [-0.4, -0.2) is 10.2 Å². The molecule has 2 unspecified atom stereocenters. The Kier molecular flexibility index (Phi) is 3.66. The molecule has 2 N–H and O–H groups in total. The maximum Gasteiger partial charge on any atom is 0.101 e. The van der Waals surface area contributed by atoms with Crippen molar-refractivity contribution in [3.8, 4) is 0 Å². The van der Waals surface area contributed by atoms with Gasteiger partial charge in [0.2, 0.25) is 0 Å². The number of hydrogen-bond acceptors (Lipinski definition) is 2. The Morgan fingerprint density at radius 3 is 1.38 bits per heavy atom. The van der Waals surface area contributed by atoms with Gasteiger partial charge in [0, 0.05) is 11.8 Å². The molecule has 0 heterocycles. The van der Waals surface area contributed by atoms with Crippen molar-refractivity contribution in [3.63, 3.8) is 0 Å². The van der Waals surface area contributed by atoms with E-state index < -0.39 is 0 Å². The fraction of sp³-hybridized carbons (Fsp3) is 0.333. The van der Waals surface area contributed by atoms with Gasteiger partial charge in [-0.3, -0.25) is 0 Å². The van der Waals surface area contributed by atoms with Crippen LogP contribution in [0, 0.1) is 11.8 Å². The predicted octanol–water partition coefficient (Wildman–Crippen LogP) is 6.19. The van der Waals surface area contributed by atoms with E-state index in [9.17, 15) is 10.2 Å². The van der Waals surface area contributed by atoms with Crippen molar-refractivity contribution in [3.05, 3.63) is 82.3 Å². The molecule has 0 saturated heterocycles. The van der Waals surface area contributed by atoms with Crippen LogP contribution in [-0.2, 0) is 0 Å². The minimum Gasteiger partial charge on any atom is -0.512 e. The van der Waals surface area contributed by atoms with Crippen LogP contribution < -0.4 is 0 Å². The Hall–Kier alpha value is -2.48. The maximum absolute atomic E-state index is 10.5.